The minimum absolute atomic E-state index is 0.0278. The lowest BCUT2D eigenvalue weighted by molar-refractivity contribution is -0.117. The number of aryl methyl sites for hydroxylation is 1. The molecule has 1 atom stereocenters. The number of aromatic nitrogens is 2. The van der Waals surface area contributed by atoms with E-state index in [0.29, 0.717) is 29.7 Å². The minimum atomic E-state index is -0.0788. The average Bonchev–Trinajstić information content (AvgIpc) is 3.06. The zero-order valence-corrected chi connectivity index (χ0v) is 13.6. The molecule has 22 heavy (non-hydrogen) atoms. The molecule has 0 spiro atoms. The monoisotopic (exact) mass is 319 g/mol. The second-order valence-corrected chi connectivity index (χ2v) is 6.41. The van der Waals surface area contributed by atoms with Crippen molar-refractivity contribution in [2.75, 3.05) is 11.4 Å². The molecule has 1 aliphatic heterocycles. The number of anilines is 1. The van der Waals surface area contributed by atoms with Crippen LogP contribution in [0.1, 0.15) is 49.4 Å². The van der Waals surface area contributed by atoms with Crippen molar-refractivity contribution in [1.29, 1.82) is 0 Å². The molecule has 0 aliphatic carbocycles. The van der Waals surface area contributed by atoms with Gasteiger partial charge in [-0.1, -0.05) is 36.7 Å². The molecule has 1 aliphatic rings. The maximum atomic E-state index is 12.3. The van der Waals surface area contributed by atoms with E-state index < -0.39 is 0 Å². The Labute approximate surface area is 134 Å². The zero-order chi connectivity index (χ0) is 15.9. The van der Waals surface area contributed by atoms with Gasteiger partial charge in [-0.3, -0.25) is 4.79 Å². The molecule has 116 valence electrons. The molecule has 6 heteroatoms. The van der Waals surface area contributed by atoms with Gasteiger partial charge in [0.25, 0.3) is 0 Å². The van der Waals surface area contributed by atoms with Crippen LogP contribution in [0, 0.1) is 6.92 Å². The second kappa shape index (κ2) is 5.72. The molecule has 1 aromatic carbocycles. The van der Waals surface area contributed by atoms with Crippen molar-refractivity contribution < 1.29 is 9.32 Å². The lowest BCUT2D eigenvalue weighted by Crippen LogP contribution is -2.24. The standard InChI is InChI=1S/C16H18ClN3O2/c1-9(2)15-18-16(22-19-15)11-7-14(21)20(8-11)13-5-4-10(3)6-12(13)17/h4-6,9,11H,7-8H2,1-3H3. The third kappa shape index (κ3) is 2.73. The van der Waals surface area contributed by atoms with Gasteiger partial charge in [0.05, 0.1) is 16.6 Å². The molecule has 0 N–H and O–H groups in total. The summed E-state index contributed by atoms with van der Waals surface area (Å²) in [5, 5.41) is 4.56. The number of hydrogen-bond donors (Lipinski definition) is 0. The van der Waals surface area contributed by atoms with Crippen LogP contribution in [-0.2, 0) is 4.79 Å². The first-order valence-electron chi connectivity index (χ1n) is 7.35. The highest BCUT2D eigenvalue weighted by Crippen LogP contribution is 2.35. The van der Waals surface area contributed by atoms with Crippen molar-refractivity contribution in [3.05, 3.63) is 40.5 Å². The van der Waals surface area contributed by atoms with Crippen LogP contribution in [-0.4, -0.2) is 22.6 Å². The summed E-state index contributed by atoms with van der Waals surface area (Å²) in [5.41, 5.74) is 1.80. The Kier molecular flexibility index (Phi) is 3.91. The summed E-state index contributed by atoms with van der Waals surface area (Å²) >= 11 is 6.27. The fraction of sp³-hybridized carbons (Fsp3) is 0.438. The summed E-state index contributed by atoms with van der Waals surface area (Å²) in [4.78, 5) is 18.4. The highest BCUT2D eigenvalue weighted by atomic mass is 35.5. The number of nitrogens with zero attached hydrogens (tertiary/aromatic N) is 3. The van der Waals surface area contributed by atoms with Crippen molar-refractivity contribution in [3.8, 4) is 0 Å². The lowest BCUT2D eigenvalue weighted by atomic mass is 10.1. The van der Waals surface area contributed by atoms with E-state index in [2.05, 4.69) is 10.1 Å². The van der Waals surface area contributed by atoms with Crippen molar-refractivity contribution in [3.63, 3.8) is 0 Å². The summed E-state index contributed by atoms with van der Waals surface area (Å²) in [6, 6.07) is 5.69. The first kappa shape index (κ1) is 15.0. The van der Waals surface area contributed by atoms with Crippen LogP contribution in [0.2, 0.25) is 5.02 Å². The minimum Gasteiger partial charge on any atom is -0.339 e. The molecule has 0 saturated carbocycles. The molecule has 2 heterocycles. The molecule has 3 rings (SSSR count). The largest absolute Gasteiger partial charge is 0.339 e. The van der Waals surface area contributed by atoms with Crippen LogP contribution in [0.4, 0.5) is 5.69 Å². The Morgan fingerprint density at radius 1 is 1.41 bits per heavy atom. The maximum Gasteiger partial charge on any atom is 0.232 e. The molecule has 1 fully saturated rings. The van der Waals surface area contributed by atoms with Gasteiger partial charge in [-0.05, 0) is 24.6 Å². The summed E-state index contributed by atoms with van der Waals surface area (Å²) in [6.45, 7) is 6.50. The molecule has 0 bridgehead atoms. The number of hydrogen-bond acceptors (Lipinski definition) is 4. The molecule has 5 nitrogen and oxygen atoms in total. The fourth-order valence-corrected chi connectivity index (χ4v) is 2.92. The highest BCUT2D eigenvalue weighted by molar-refractivity contribution is 6.34. The molecular weight excluding hydrogens is 302 g/mol. The zero-order valence-electron chi connectivity index (χ0n) is 12.8. The number of amides is 1. The summed E-state index contributed by atoms with van der Waals surface area (Å²) in [5.74, 6) is 1.36. The van der Waals surface area contributed by atoms with Crippen LogP contribution in [0.25, 0.3) is 0 Å². The van der Waals surface area contributed by atoms with Crippen molar-refractivity contribution in [2.24, 2.45) is 0 Å². The van der Waals surface area contributed by atoms with Gasteiger partial charge in [0.15, 0.2) is 5.82 Å². The number of benzene rings is 1. The van der Waals surface area contributed by atoms with Crippen molar-refractivity contribution in [1.82, 2.24) is 10.1 Å². The van der Waals surface area contributed by atoms with E-state index in [1.165, 1.54) is 0 Å². The van der Waals surface area contributed by atoms with Gasteiger partial charge >= 0.3 is 0 Å². The lowest BCUT2D eigenvalue weighted by Gasteiger charge is -2.18. The van der Waals surface area contributed by atoms with E-state index in [4.69, 9.17) is 16.1 Å². The van der Waals surface area contributed by atoms with Crippen molar-refractivity contribution >= 4 is 23.2 Å². The highest BCUT2D eigenvalue weighted by Gasteiger charge is 2.36. The molecule has 1 unspecified atom stereocenters. The first-order valence-corrected chi connectivity index (χ1v) is 7.73. The summed E-state index contributed by atoms with van der Waals surface area (Å²) in [7, 11) is 0. The Morgan fingerprint density at radius 3 is 2.82 bits per heavy atom. The van der Waals surface area contributed by atoms with Gasteiger partial charge in [0.1, 0.15) is 0 Å². The van der Waals surface area contributed by atoms with Gasteiger partial charge in [0, 0.05) is 18.9 Å². The smallest absolute Gasteiger partial charge is 0.232 e. The third-order valence-corrected chi connectivity index (χ3v) is 4.14. The molecular formula is C16H18ClN3O2. The van der Waals surface area contributed by atoms with E-state index in [1.807, 2.05) is 39.0 Å². The van der Waals surface area contributed by atoms with E-state index >= 15 is 0 Å². The molecule has 1 aromatic heterocycles. The maximum absolute atomic E-state index is 12.3. The van der Waals surface area contributed by atoms with Gasteiger partial charge < -0.3 is 9.42 Å². The number of carbonyl (C=O) groups excluding carboxylic acids is 1. The normalized spacial score (nSPS) is 18.5. The van der Waals surface area contributed by atoms with Crippen LogP contribution in [0.15, 0.2) is 22.7 Å². The molecule has 2 aromatic rings. The summed E-state index contributed by atoms with van der Waals surface area (Å²) < 4.78 is 5.32. The molecule has 1 saturated heterocycles. The molecule has 1 amide bonds. The van der Waals surface area contributed by atoms with Gasteiger partial charge in [-0.15, -0.1) is 0 Å². The van der Waals surface area contributed by atoms with Gasteiger partial charge in [-0.25, -0.2) is 0 Å². The quantitative estimate of drug-likeness (QED) is 0.866. The van der Waals surface area contributed by atoms with E-state index in [-0.39, 0.29) is 17.7 Å². The third-order valence-electron chi connectivity index (χ3n) is 3.84. The Hall–Kier alpha value is -1.88. The van der Waals surface area contributed by atoms with Gasteiger partial charge in [0.2, 0.25) is 11.8 Å². The SMILES string of the molecule is Cc1ccc(N2CC(c3nc(C(C)C)no3)CC2=O)c(Cl)c1. The van der Waals surface area contributed by atoms with Crippen LogP contribution in [0.3, 0.4) is 0 Å². The predicted molar refractivity (Wildman–Crippen MR) is 84.3 cm³/mol. The number of carbonyl (C=O) groups is 1. The summed E-state index contributed by atoms with van der Waals surface area (Å²) in [6.07, 6.45) is 0.365. The van der Waals surface area contributed by atoms with Crippen LogP contribution >= 0.6 is 11.6 Å². The number of halogens is 1. The van der Waals surface area contributed by atoms with E-state index in [0.717, 1.165) is 11.3 Å². The van der Waals surface area contributed by atoms with Crippen molar-refractivity contribution in [2.45, 2.75) is 39.0 Å². The second-order valence-electron chi connectivity index (χ2n) is 6.01. The first-order chi connectivity index (χ1) is 10.5. The fourth-order valence-electron chi connectivity index (χ4n) is 2.58. The topological polar surface area (TPSA) is 59.2 Å². The van der Waals surface area contributed by atoms with Crippen LogP contribution in [0.5, 0.6) is 0 Å². The Morgan fingerprint density at radius 2 is 2.18 bits per heavy atom. The van der Waals surface area contributed by atoms with E-state index in [9.17, 15) is 4.79 Å². The Bertz CT molecular complexity index is 711. The van der Waals surface area contributed by atoms with Gasteiger partial charge in [-0.2, -0.15) is 4.98 Å². The average molecular weight is 320 g/mol. The predicted octanol–water partition coefficient (Wildman–Crippen LogP) is 3.68. The number of rotatable bonds is 3. The Balaban J connectivity index is 1.83. The van der Waals surface area contributed by atoms with E-state index in [1.54, 1.807) is 4.90 Å². The molecule has 0 radical (unpaired) electrons. The van der Waals surface area contributed by atoms with Crippen LogP contribution < -0.4 is 4.90 Å².